The van der Waals surface area contributed by atoms with Crippen LogP contribution in [0.3, 0.4) is 0 Å². The molecular formula is C14H18BrN3O2S. The number of thioether (sulfide) groups is 1. The Kier molecular flexibility index (Phi) is 5.29. The van der Waals surface area contributed by atoms with Crippen LogP contribution in [-0.4, -0.2) is 51.9 Å². The molecule has 2 rings (SSSR count). The van der Waals surface area contributed by atoms with Gasteiger partial charge in [0.1, 0.15) is 0 Å². The average molecular weight is 372 g/mol. The van der Waals surface area contributed by atoms with Crippen molar-refractivity contribution in [1.82, 2.24) is 14.5 Å². The summed E-state index contributed by atoms with van der Waals surface area (Å²) in [7, 11) is 4.05. The lowest BCUT2D eigenvalue weighted by atomic mass is 10.2. The maximum Gasteiger partial charge on any atom is 0.313 e. The summed E-state index contributed by atoms with van der Waals surface area (Å²) in [5.74, 6) is -0.820. The lowest BCUT2D eigenvalue weighted by Crippen LogP contribution is -2.23. The molecule has 1 aromatic heterocycles. The zero-order chi connectivity index (χ0) is 15.6. The molecule has 21 heavy (non-hydrogen) atoms. The molecule has 1 atom stereocenters. The van der Waals surface area contributed by atoms with Gasteiger partial charge in [-0.2, -0.15) is 0 Å². The van der Waals surface area contributed by atoms with Crippen molar-refractivity contribution < 1.29 is 9.90 Å². The number of halogens is 1. The van der Waals surface area contributed by atoms with Crippen molar-refractivity contribution in [1.29, 1.82) is 0 Å². The van der Waals surface area contributed by atoms with Crippen molar-refractivity contribution in [2.45, 2.75) is 18.1 Å². The molecule has 1 unspecified atom stereocenters. The van der Waals surface area contributed by atoms with Crippen LogP contribution in [0.1, 0.15) is 13.0 Å². The molecule has 0 aliphatic heterocycles. The summed E-state index contributed by atoms with van der Waals surface area (Å²) in [5, 5.41) is 9.64. The molecule has 0 saturated heterocycles. The third-order valence-corrected chi connectivity index (χ3v) is 4.44. The Labute approximate surface area is 136 Å². The van der Waals surface area contributed by atoms with Crippen molar-refractivity contribution in [3.05, 3.63) is 22.7 Å². The number of aromatic nitrogens is 2. The summed E-state index contributed by atoms with van der Waals surface area (Å²) < 4.78 is 3.11. The van der Waals surface area contributed by atoms with E-state index in [1.807, 2.05) is 32.3 Å². The summed E-state index contributed by atoms with van der Waals surface area (Å²) >= 11 is 4.75. The number of rotatable bonds is 6. The molecule has 7 heteroatoms. The molecule has 1 heterocycles. The Bertz CT molecular complexity index is 657. The molecule has 0 radical (unpaired) electrons. The Morgan fingerprint density at radius 3 is 2.86 bits per heavy atom. The van der Waals surface area contributed by atoms with Gasteiger partial charge in [0.2, 0.25) is 0 Å². The summed E-state index contributed by atoms with van der Waals surface area (Å²) in [6.07, 6.45) is 0. The Hall–Kier alpha value is -1.05. The van der Waals surface area contributed by atoms with Gasteiger partial charge in [-0.1, -0.05) is 27.7 Å². The van der Waals surface area contributed by atoms with E-state index < -0.39 is 5.97 Å². The first kappa shape index (κ1) is 16.3. The van der Waals surface area contributed by atoms with Crippen LogP contribution >= 0.6 is 27.7 Å². The van der Waals surface area contributed by atoms with E-state index in [-0.39, 0.29) is 11.8 Å². The van der Waals surface area contributed by atoms with E-state index in [0.717, 1.165) is 27.2 Å². The van der Waals surface area contributed by atoms with Gasteiger partial charge in [-0.25, -0.2) is 4.98 Å². The van der Waals surface area contributed by atoms with E-state index in [4.69, 9.17) is 5.11 Å². The lowest BCUT2D eigenvalue weighted by Gasteiger charge is -2.21. The van der Waals surface area contributed by atoms with E-state index >= 15 is 0 Å². The smallest absolute Gasteiger partial charge is 0.313 e. The summed E-state index contributed by atoms with van der Waals surface area (Å²) in [5.41, 5.74) is 1.91. The summed E-state index contributed by atoms with van der Waals surface area (Å²) in [6.45, 7) is 2.98. The predicted octanol–water partition coefficient (Wildman–Crippen LogP) is 3.10. The second kappa shape index (κ2) is 6.81. The number of benzene rings is 1. The van der Waals surface area contributed by atoms with Gasteiger partial charge >= 0.3 is 5.97 Å². The van der Waals surface area contributed by atoms with Crippen LogP contribution in [0.4, 0.5) is 0 Å². The van der Waals surface area contributed by atoms with Gasteiger partial charge in [0.25, 0.3) is 0 Å². The van der Waals surface area contributed by atoms with Crippen molar-refractivity contribution in [3.63, 3.8) is 0 Å². The first-order chi connectivity index (χ1) is 9.88. The molecule has 0 bridgehead atoms. The standard InChI is InChI=1S/C14H18BrN3O2S/c1-9(7-17(2)3)18-12-6-10(15)4-5-11(12)16-14(18)21-8-13(19)20/h4-6,9H,7-8H2,1-3H3,(H,19,20). The van der Waals surface area contributed by atoms with Crippen molar-refractivity contribution in [2.24, 2.45) is 0 Å². The lowest BCUT2D eigenvalue weighted by molar-refractivity contribution is -0.133. The Balaban J connectivity index is 2.47. The number of likely N-dealkylation sites (N-methyl/N-ethyl adjacent to an activating group) is 1. The van der Waals surface area contributed by atoms with Crippen LogP contribution in [0.2, 0.25) is 0 Å². The fourth-order valence-electron chi connectivity index (χ4n) is 2.31. The topological polar surface area (TPSA) is 58.4 Å². The number of hydrogen-bond acceptors (Lipinski definition) is 4. The summed E-state index contributed by atoms with van der Waals surface area (Å²) in [4.78, 5) is 17.5. The molecule has 0 spiro atoms. The number of carboxylic acids is 1. The highest BCUT2D eigenvalue weighted by molar-refractivity contribution is 9.10. The van der Waals surface area contributed by atoms with Crippen LogP contribution in [0, 0.1) is 0 Å². The fraction of sp³-hybridized carbons (Fsp3) is 0.429. The van der Waals surface area contributed by atoms with E-state index in [0.29, 0.717) is 0 Å². The zero-order valence-electron chi connectivity index (χ0n) is 12.2. The third kappa shape index (κ3) is 3.99. The number of nitrogens with zero attached hydrogens (tertiary/aromatic N) is 3. The Morgan fingerprint density at radius 2 is 2.24 bits per heavy atom. The normalized spacial score (nSPS) is 13.0. The van der Waals surface area contributed by atoms with E-state index in [1.54, 1.807) is 0 Å². The molecule has 1 aromatic carbocycles. The van der Waals surface area contributed by atoms with Gasteiger partial charge in [-0.15, -0.1) is 0 Å². The maximum absolute atomic E-state index is 10.8. The quantitative estimate of drug-likeness (QED) is 0.790. The van der Waals surface area contributed by atoms with Crippen LogP contribution in [-0.2, 0) is 4.79 Å². The number of carboxylic acid groups (broad SMARTS) is 1. The van der Waals surface area contributed by atoms with E-state index in [2.05, 4.69) is 37.3 Å². The van der Waals surface area contributed by atoms with Gasteiger partial charge in [0.05, 0.1) is 16.8 Å². The van der Waals surface area contributed by atoms with Gasteiger partial charge in [-0.05, 0) is 39.2 Å². The largest absolute Gasteiger partial charge is 0.481 e. The second-order valence-electron chi connectivity index (χ2n) is 5.19. The van der Waals surface area contributed by atoms with Crippen LogP contribution in [0.25, 0.3) is 11.0 Å². The van der Waals surface area contributed by atoms with Gasteiger partial charge in [-0.3, -0.25) is 4.79 Å². The minimum atomic E-state index is -0.833. The van der Waals surface area contributed by atoms with Crippen molar-refractivity contribution in [2.75, 3.05) is 26.4 Å². The Morgan fingerprint density at radius 1 is 1.52 bits per heavy atom. The number of hydrogen-bond donors (Lipinski definition) is 1. The maximum atomic E-state index is 10.8. The number of carbonyl (C=O) groups is 1. The van der Waals surface area contributed by atoms with Gasteiger partial charge in [0.15, 0.2) is 5.16 Å². The minimum Gasteiger partial charge on any atom is -0.481 e. The average Bonchev–Trinajstić information content (AvgIpc) is 2.73. The third-order valence-electron chi connectivity index (χ3n) is 3.01. The predicted molar refractivity (Wildman–Crippen MR) is 89.1 cm³/mol. The molecule has 0 amide bonds. The molecule has 114 valence electrons. The molecule has 1 N–H and O–H groups in total. The number of imidazole rings is 1. The number of fused-ring (bicyclic) bond motifs is 1. The first-order valence-corrected chi connectivity index (χ1v) is 8.33. The summed E-state index contributed by atoms with van der Waals surface area (Å²) in [6, 6.07) is 6.13. The highest BCUT2D eigenvalue weighted by atomic mass is 79.9. The highest BCUT2D eigenvalue weighted by Gasteiger charge is 2.18. The van der Waals surface area contributed by atoms with Crippen molar-refractivity contribution >= 4 is 44.7 Å². The minimum absolute atomic E-state index is 0.0131. The van der Waals surface area contributed by atoms with Crippen LogP contribution < -0.4 is 0 Å². The van der Waals surface area contributed by atoms with Crippen molar-refractivity contribution in [3.8, 4) is 0 Å². The molecule has 0 aliphatic carbocycles. The molecule has 2 aromatic rings. The molecule has 0 fully saturated rings. The van der Waals surface area contributed by atoms with Crippen LogP contribution in [0.5, 0.6) is 0 Å². The molecule has 5 nitrogen and oxygen atoms in total. The van der Waals surface area contributed by atoms with Crippen LogP contribution in [0.15, 0.2) is 27.8 Å². The van der Waals surface area contributed by atoms with Gasteiger partial charge in [0, 0.05) is 17.1 Å². The van der Waals surface area contributed by atoms with E-state index in [1.165, 1.54) is 11.8 Å². The molecular weight excluding hydrogens is 354 g/mol. The SMILES string of the molecule is CC(CN(C)C)n1c(SCC(=O)O)nc2ccc(Br)cc21. The zero-order valence-corrected chi connectivity index (χ0v) is 14.6. The van der Waals surface area contributed by atoms with Gasteiger partial charge < -0.3 is 14.6 Å². The molecule has 0 aliphatic rings. The molecule has 0 saturated carbocycles. The van der Waals surface area contributed by atoms with E-state index in [9.17, 15) is 4.79 Å². The monoisotopic (exact) mass is 371 g/mol. The number of aliphatic carboxylic acids is 1. The fourth-order valence-corrected chi connectivity index (χ4v) is 3.49. The highest BCUT2D eigenvalue weighted by Crippen LogP contribution is 2.29. The first-order valence-electron chi connectivity index (χ1n) is 6.55. The second-order valence-corrected chi connectivity index (χ2v) is 7.05.